The van der Waals surface area contributed by atoms with Crippen molar-refractivity contribution >= 4 is 35.8 Å². The number of hydrogen-bond donors (Lipinski definition) is 3. The van der Waals surface area contributed by atoms with Gasteiger partial charge in [0.15, 0.2) is 17.5 Å². The average molecular weight is 542 g/mol. The zero-order valence-electron chi connectivity index (χ0n) is 18.4. The summed E-state index contributed by atoms with van der Waals surface area (Å²) in [7, 11) is 1.67. The summed E-state index contributed by atoms with van der Waals surface area (Å²) in [6.45, 7) is 6.83. The molecule has 31 heavy (non-hydrogen) atoms. The van der Waals surface area contributed by atoms with E-state index in [-0.39, 0.29) is 53.6 Å². The topological polar surface area (TPSA) is 74.8 Å². The van der Waals surface area contributed by atoms with E-state index in [2.05, 4.69) is 20.9 Å². The van der Waals surface area contributed by atoms with E-state index >= 15 is 0 Å². The highest BCUT2D eigenvalue weighted by molar-refractivity contribution is 14.0. The molecule has 1 amide bonds. The van der Waals surface area contributed by atoms with Gasteiger partial charge >= 0.3 is 0 Å². The fraction of sp³-hybridized carbons (Fsp3) is 0.391. The standard InChI is InChI=1S/C23H31FN4O2.HI/c1-5-16(2)28-22(29)19-10-8-9-18(13-19)15-27-23(25-4)26-14-17(3)30-21-12-7-6-11-20(21)24;/h6-13,16-17H,5,14-15H2,1-4H3,(H,28,29)(H2,25,26,27);1H. The van der Waals surface area contributed by atoms with Gasteiger partial charge in [0, 0.05) is 25.2 Å². The number of amides is 1. The monoisotopic (exact) mass is 542 g/mol. The Morgan fingerprint density at radius 3 is 2.55 bits per heavy atom. The Morgan fingerprint density at radius 1 is 1.13 bits per heavy atom. The molecule has 2 aromatic rings. The zero-order chi connectivity index (χ0) is 21.9. The third-order valence-electron chi connectivity index (χ3n) is 4.58. The van der Waals surface area contributed by atoms with Crippen LogP contribution in [0.3, 0.4) is 0 Å². The molecule has 170 valence electrons. The van der Waals surface area contributed by atoms with Gasteiger partial charge in [-0.15, -0.1) is 24.0 Å². The number of rotatable bonds is 9. The molecule has 0 aliphatic heterocycles. The minimum Gasteiger partial charge on any atom is -0.486 e. The highest BCUT2D eigenvalue weighted by Crippen LogP contribution is 2.16. The summed E-state index contributed by atoms with van der Waals surface area (Å²) in [5.74, 6) is 0.354. The smallest absolute Gasteiger partial charge is 0.251 e. The third kappa shape index (κ3) is 9.12. The number of halogens is 2. The van der Waals surface area contributed by atoms with Crippen molar-refractivity contribution in [2.75, 3.05) is 13.6 Å². The molecular formula is C23H32FIN4O2. The first-order valence-electron chi connectivity index (χ1n) is 10.2. The fourth-order valence-electron chi connectivity index (χ4n) is 2.68. The summed E-state index contributed by atoms with van der Waals surface area (Å²) in [5, 5.41) is 9.34. The van der Waals surface area contributed by atoms with Gasteiger partial charge in [-0.1, -0.05) is 31.2 Å². The molecule has 0 fully saturated rings. The molecule has 0 radical (unpaired) electrons. The molecule has 0 aliphatic rings. The third-order valence-corrected chi connectivity index (χ3v) is 4.58. The van der Waals surface area contributed by atoms with Gasteiger partial charge in [-0.2, -0.15) is 0 Å². The van der Waals surface area contributed by atoms with Crippen molar-refractivity contribution in [1.82, 2.24) is 16.0 Å². The summed E-state index contributed by atoms with van der Waals surface area (Å²) < 4.78 is 19.3. The van der Waals surface area contributed by atoms with Crippen molar-refractivity contribution in [2.45, 2.75) is 45.9 Å². The van der Waals surface area contributed by atoms with E-state index in [1.54, 1.807) is 31.3 Å². The van der Waals surface area contributed by atoms with E-state index in [0.717, 1.165) is 12.0 Å². The van der Waals surface area contributed by atoms with Crippen LogP contribution in [0.5, 0.6) is 5.75 Å². The molecule has 2 unspecified atom stereocenters. The lowest BCUT2D eigenvalue weighted by Crippen LogP contribution is -2.41. The number of aliphatic imine (C=N–C) groups is 1. The largest absolute Gasteiger partial charge is 0.486 e. The van der Waals surface area contributed by atoms with E-state index in [1.165, 1.54) is 6.07 Å². The molecule has 0 saturated carbocycles. The Bertz CT molecular complexity index is 863. The van der Waals surface area contributed by atoms with Crippen LogP contribution < -0.4 is 20.7 Å². The van der Waals surface area contributed by atoms with E-state index in [9.17, 15) is 9.18 Å². The molecule has 0 heterocycles. The Kier molecular flexibility index (Phi) is 11.9. The summed E-state index contributed by atoms with van der Waals surface area (Å²) in [4.78, 5) is 16.5. The van der Waals surface area contributed by atoms with Crippen molar-refractivity contribution in [3.63, 3.8) is 0 Å². The minimum absolute atomic E-state index is 0. The highest BCUT2D eigenvalue weighted by atomic mass is 127. The maximum absolute atomic E-state index is 13.7. The Labute approximate surface area is 201 Å². The van der Waals surface area contributed by atoms with Gasteiger partial charge in [0.2, 0.25) is 0 Å². The normalized spacial score (nSPS) is 12.9. The molecule has 0 aliphatic carbocycles. The number of nitrogens with one attached hydrogen (secondary N) is 3. The maximum Gasteiger partial charge on any atom is 0.251 e. The van der Waals surface area contributed by atoms with Gasteiger partial charge in [0.1, 0.15) is 6.10 Å². The van der Waals surface area contributed by atoms with Gasteiger partial charge in [-0.25, -0.2) is 4.39 Å². The number of guanidine groups is 1. The predicted octanol–water partition coefficient (Wildman–Crippen LogP) is 4.10. The van der Waals surface area contributed by atoms with E-state index < -0.39 is 0 Å². The average Bonchev–Trinajstić information content (AvgIpc) is 2.75. The number of carbonyl (C=O) groups excluding carboxylic acids is 1. The first kappa shape index (κ1) is 26.7. The zero-order valence-corrected chi connectivity index (χ0v) is 20.8. The number of ether oxygens (including phenoxy) is 1. The number of benzene rings is 2. The lowest BCUT2D eigenvalue weighted by molar-refractivity contribution is 0.0939. The Hall–Kier alpha value is -2.36. The SMILES string of the molecule is CCC(C)NC(=O)c1cccc(CNC(=NC)NCC(C)Oc2ccccc2F)c1.I. The lowest BCUT2D eigenvalue weighted by Gasteiger charge is -2.18. The molecule has 3 N–H and O–H groups in total. The Balaban J connectivity index is 0.00000480. The molecule has 8 heteroatoms. The number of hydrogen-bond acceptors (Lipinski definition) is 3. The number of nitrogens with zero attached hydrogens (tertiary/aromatic N) is 1. The molecule has 6 nitrogen and oxygen atoms in total. The van der Waals surface area contributed by atoms with Crippen molar-refractivity contribution in [3.8, 4) is 5.75 Å². The van der Waals surface area contributed by atoms with Crippen LogP contribution in [-0.4, -0.2) is 37.6 Å². The predicted molar refractivity (Wildman–Crippen MR) is 134 cm³/mol. The van der Waals surface area contributed by atoms with Crippen LogP contribution >= 0.6 is 24.0 Å². The molecule has 2 aromatic carbocycles. The van der Waals surface area contributed by atoms with Gasteiger partial charge in [0.05, 0.1) is 6.54 Å². The summed E-state index contributed by atoms with van der Waals surface area (Å²) in [5.41, 5.74) is 1.59. The quantitative estimate of drug-likeness (QED) is 0.254. The van der Waals surface area contributed by atoms with E-state index in [4.69, 9.17) is 4.74 Å². The summed E-state index contributed by atoms with van der Waals surface area (Å²) in [6, 6.07) is 13.9. The molecule has 0 spiro atoms. The van der Waals surface area contributed by atoms with Crippen molar-refractivity contribution < 1.29 is 13.9 Å². The van der Waals surface area contributed by atoms with Crippen LogP contribution in [0, 0.1) is 5.82 Å². The molecule has 0 saturated heterocycles. The molecular weight excluding hydrogens is 510 g/mol. The molecule has 2 rings (SSSR count). The van der Waals surface area contributed by atoms with Crippen LogP contribution in [0.2, 0.25) is 0 Å². The van der Waals surface area contributed by atoms with Crippen LogP contribution in [0.4, 0.5) is 4.39 Å². The van der Waals surface area contributed by atoms with Gasteiger partial charge in [-0.3, -0.25) is 9.79 Å². The Morgan fingerprint density at radius 2 is 1.87 bits per heavy atom. The number of para-hydroxylation sites is 1. The lowest BCUT2D eigenvalue weighted by atomic mass is 10.1. The molecule has 0 aromatic heterocycles. The van der Waals surface area contributed by atoms with Crippen molar-refractivity contribution in [3.05, 3.63) is 65.5 Å². The first-order chi connectivity index (χ1) is 14.4. The molecule has 0 bridgehead atoms. The number of carbonyl (C=O) groups is 1. The minimum atomic E-state index is -0.385. The fourth-order valence-corrected chi connectivity index (χ4v) is 2.68. The summed E-state index contributed by atoms with van der Waals surface area (Å²) >= 11 is 0. The molecule has 2 atom stereocenters. The van der Waals surface area contributed by atoms with Gasteiger partial charge < -0.3 is 20.7 Å². The summed E-state index contributed by atoms with van der Waals surface area (Å²) in [6.07, 6.45) is 0.627. The van der Waals surface area contributed by atoms with E-state index in [0.29, 0.717) is 24.6 Å². The van der Waals surface area contributed by atoms with Crippen LogP contribution in [0.1, 0.15) is 43.1 Å². The second kappa shape index (κ2) is 13.8. The first-order valence-corrected chi connectivity index (χ1v) is 10.2. The van der Waals surface area contributed by atoms with Crippen molar-refractivity contribution in [2.24, 2.45) is 4.99 Å². The maximum atomic E-state index is 13.7. The van der Waals surface area contributed by atoms with Crippen molar-refractivity contribution in [1.29, 1.82) is 0 Å². The second-order valence-corrected chi connectivity index (χ2v) is 7.15. The van der Waals surface area contributed by atoms with Crippen LogP contribution in [-0.2, 0) is 6.54 Å². The van der Waals surface area contributed by atoms with Crippen LogP contribution in [0.15, 0.2) is 53.5 Å². The highest BCUT2D eigenvalue weighted by Gasteiger charge is 2.10. The van der Waals surface area contributed by atoms with Gasteiger partial charge in [0.25, 0.3) is 5.91 Å². The van der Waals surface area contributed by atoms with E-state index in [1.807, 2.05) is 39.0 Å². The second-order valence-electron chi connectivity index (χ2n) is 7.15. The van der Waals surface area contributed by atoms with Crippen LogP contribution in [0.25, 0.3) is 0 Å². The van der Waals surface area contributed by atoms with Gasteiger partial charge in [-0.05, 0) is 50.1 Å².